The Morgan fingerprint density at radius 2 is 2.04 bits per heavy atom. The van der Waals surface area contributed by atoms with Gasteiger partial charge in [0.15, 0.2) is 0 Å². The molecule has 0 bridgehead atoms. The Bertz CT molecular complexity index is 836. The van der Waals surface area contributed by atoms with E-state index < -0.39 is 0 Å². The van der Waals surface area contributed by atoms with Crippen LogP contribution in [0.4, 0.5) is 5.69 Å². The highest BCUT2D eigenvalue weighted by Crippen LogP contribution is 2.32. The van der Waals surface area contributed by atoms with Gasteiger partial charge in [-0.15, -0.1) is 0 Å². The summed E-state index contributed by atoms with van der Waals surface area (Å²) >= 11 is 0. The van der Waals surface area contributed by atoms with Crippen molar-refractivity contribution in [1.29, 1.82) is 0 Å². The number of para-hydroxylation sites is 1. The molecule has 2 heterocycles. The molecule has 1 amide bonds. The van der Waals surface area contributed by atoms with E-state index in [-0.39, 0.29) is 11.9 Å². The van der Waals surface area contributed by atoms with Gasteiger partial charge in [0.25, 0.3) is 0 Å². The van der Waals surface area contributed by atoms with Crippen LogP contribution in [0.1, 0.15) is 29.2 Å². The van der Waals surface area contributed by atoms with Gasteiger partial charge < -0.3 is 15.0 Å². The number of aryl methyl sites for hydroxylation is 1. The fourth-order valence-electron chi connectivity index (χ4n) is 4.23. The number of nitrogens with zero attached hydrogens (tertiary/aromatic N) is 2. The number of carbonyl (C=O) groups is 1. The molecule has 2 aliphatic rings. The fourth-order valence-corrected chi connectivity index (χ4v) is 4.23. The van der Waals surface area contributed by atoms with E-state index in [4.69, 9.17) is 4.74 Å². The minimum Gasteiger partial charge on any atom is -0.496 e. The minimum atomic E-state index is 0.202. The number of hydrogen-bond donors (Lipinski definition) is 1. The van der Waals surface area contributed by atoms with Crippen molar-refractivity contribution >= 4 is 11.6 Å². The Hall–Kier alpha value is -2.37. The molecule has 1 unspecified atom stereocenters. The molecular formula is C22H27N3O2. The molecule has 0 saturated carbocycles. The molecule has 0 radical (unpaired) electrons. The second-order valence-corrected chi connectivity index (χ2v) is 7.35. The number of rotatable bonds is 4. The standard InChI is InChI=1S/C22H27N3O2/c1-24-19-9-7-16(13-17(19)8-10-22(24)26)15-25-12-11-23-14-20(25)18-5-3-4-6-21(18)27-2/h3-7,9,13,20,23H,8,10-12,14-15H2,1-2H3. The number of piperazine rings is 1. The highest BCUT2D eigenvalue weighted by Gasteiger charge is 2.27. The van der Waals surface area contributed by atoms with Crippen LogP contribution in [0.3, 0.4) is 0 Å². The normalized spacial score (nSPS) is 20.4. The maximum atomic E-state index is 11.9. The molecule has 1 atom stereocenters. The van der Waals surface area contributed by atoms with Crippen LogP contribution in [0.2, 0.25) is 0 Å². The van der Waals surface area contributed by atoms with Crippen LogP contribution < -0.4 is 15.0 Å². The van der Waals surface area contributed by atoms with Gasteiger partial charge in [0.2, 0.25) is 5.91 Å². The maximum Gasteiger partial charge on any atom is 0.227 e. The van der Waals surface area contributed by atoms with E-state index in [0.717, 1.165) is 44.0 Å². The van der Waals surface area contributed by atoms with Crippen LogP contribution in [0.25, 0.3) is 0 Å². The molecule has 1 N–H and O–H groups in total. The number of hydrogen-bond acceptors (Lipinski definition) is 4. The quantitative estimate of drug-likeness (QED) is 0.905. The van der Waals surface area contributed by atoms with Gasteiger partial charge in [-0.1, -0.05) is 30.3 Å². The highest BCUT2D eigenvalue weighted by molar-refractivity contribution is 5.95. The molecule has 5 nitrogen and oxygen atoms in total. The fraction of sp³-hybridized carbons (Fsp3) is 0.409. The second-order valence-electron chi connectivity index (χ2n) is 7.35. The molecular weight excluding hydrogens is 338 g/mol. The zero-order valence-electron chi connectivity index (χ0n) is 16.1. The van der Waals surface area contributed by atoms with E-state index in [0.29, 0.717) is 6.42 Å². The van der Waals surface area contributed by atoms with E-state index in [9.17, 15) is 4.79 Å². The molecule has 1 fully saturated rings. The maximum absolute atomic E-state index is 11.9. The Balaban J connectivity index is 1.58. The van der Waals surface area contributed by atoms with Crippen molar-refractivity contribution in [2.45, 2.75) is 25.4 Å². The lowest BCUT2D eigenvalue weighted by Gasteiger charge is -2.37. The van der Waals surface area contributed by atoms with Crippen LogP contribution in [0.5, 0.6) is 5.75 Å². The van der Waals surface area contributed by atoms with Crippen LogP contribution >= 0.6 is 0 Å². The minimum absolute atomic E-state index is 0.202. The number of fused-ring (bicyclic) bond motifs is 1. The predicted molar refractivity (Wildman–Crippen MR) is 107 cm³/mol. The highest BCUT2D eigenvalue weighted by atomic mass is 16.5. The first-order valence-electron chi connectivity index (χ1n) is 9.63. The third-order valence-electron chi connectivity index (χ3n) is 5.73. The molecule has 5 heteroatoms. The van der Waals surface area contributed by atoms with E-state index >= 15 is 0 Å². The number of amides is 1. The first-order valence-corrected chi connectivity index (χ1v) is 9.63. The third kappa shape index (κ3) is 3.57. The monoisotopic (exact) mass is 365 g/mol. The lowest BCUT2D eigenvalue weighted by molar-refractivity contribution is -0.118. The molecule has 0 aliphatic carbocycles. The number of carbonyl (C=O) groups excluding carboxylic acids is 1. The lowest BCUT2D eigenvalue weighted by atomic mass is 9.97. The van der Waals surface area contributed by atoms with Crippen molar-refractivity contribution in [3.63, 3.8) is 0 Å². The van der Waals surface area contributed by atoms with Gasteiger partial charge in [-0.2, -0.15) is 0 Å². The summed E-state index contributed by atoms with van der Waals surface area (Å²) in [6.07, 6.45) is 1.44. The topological polar surface area (TPSA) is 44.8 Å². The van der Waals surface area contributed by atoms with Gasteiger partial charge in [-0.25, -0.2) is 0 Å². The van der Waals surface area contributed by atoms with Crippen LogP contribution in [-0.2, 0) is 17.8 Å². The largest absolute Gasteiger partial charge is 0.496 e. The van der Waals surface area contributed by atoms with E-state index in [1.165, 1.54) is 16.7 Å². The SMILES string of the molecule is COc1ccccc1C1CNCCN1Cc1ccc2c(c1)CCC(=O)N2C. The second kappa shape index (κ2) is 7.71. The van der Waals surface area contributed by atoms with Gasteiger partial charge in [-0.3, -0.25) is 9.69 Å². The summed E-state index contributed by atoms with van der Waals surface area (Å²) in [6, 6.07) is 15.1. The summed E-state index contributed by atoms with van der Waals surface area (Å²) in [5.41, 5.74) is 4.86. The molecule has 142 valence electrons. The van der Waals surface area contributed by atoms with Crippen LogP contribution in [0.15, 0.2) is 42.5 Å². The summed E-state index contributed by atoms with van der Waals surface area (Å²) < 4.78 is 5.60. The molecule has 4 rings (SSSR count). The van der Waals surface area contributed by atoms with Crippen molar-refractivity contribution in [1.82, 2.24) is 10.2 Å². The average Bonchev–Trinajstić information content (AvgIpc) is 2.71. The van der Waals surface area contributed by atoms with E-state index in [2.05, 4.69) is 40.5 Å². The third-order valence-corrected chi connectivity index (χ3v) is 5.73. The molecule has 1 saturated heterocycles. The van der Waals surface area contributed by atoms with E-state index in [1.807, 2.05) is 19.2 Å². The summed E-state index contributed by atoms with van der Waals surface area (Å²) in [5, 5.41) is 3.52. The van der Waals surface area contributed by atoms with Crippen molar-refractivity contribution in [3.05, 3.63) is 59.2 Å². The first-order chi connectivity index (χ1) is 13.2. The van der Waals surface area contributed by atoms with Crippen molar-refractivity contribution in [3.8, 4) is 5.75 Å². The van der Waals surface area contributed by atoms with Gasteiger partial charge in [0, 0.05) is 50.9 Å². The lowest BCUT2D eigenvalue weighted by Crippen LogP contribution is -2.45. The molecule has 2 aliphatic heterocycles. The molecule has 0 aromatic heterocycles. The molecule has 2 aromatic rings. The predicted octanol–water partition coefficient (Wildman–Crippen LogP) is 2.75. The van der Waals surface area contributed by atoms with Gasteiger partial charge in [-0.05, 0) is 29.7 Å². The zero-order chi connectivity index (χ0) is 18.8. The van der Waals surface area contributed by atoms with Crippen LogP contribution in [-0.4, -0.2) is 44.6 Å². The van der Waals surface area contributed by atoms with Gasteiger partial charge >= 0.3 is 0 Å². The Labute approximate surface area is 160 Å². The average molecular weight is 365 g/mol. The molecule has 27 heavy (non-hydrogen) atoms. The first kappa shape index (κ1) is 18.0. The summed E-state index contributed by atoms with van der Waals surface area (Å²) in [6.45, 7) is 3.81. The number of methoxy groups -OCH3 is 1. The van der Waals surface area contributed by atoms with Crippen LogP contribution in [0, 0.1) is 0 Å². The van der Waals surface area contributed by atoms with E-state index in [1.54, 1.807) is 12.0 Å². The summed E-state index contributed by atoms with van der Waals surface area (Å²) in [4.78, 5) is 16.2. The van der Waals surface area contributed by atoms with Crippen molar-refractivity contribution in [2.24, 2.45) is 0 Å². The van der Waals surface area contributed by atoms with Gasteiger partial charge in [0.05, 0.1) is 13.2 Å². The Morgan fingerprint density at radius 1 is 1.19 bits per heavy atom. The van der Waals surface area contributed by atoms with Gasteiger partial charge in [0.1, 0.15) is 5.75 Å². The number of anilines is 1. The van der Waals surface area contributed by atoms with Crippen molar-refractivity contribution < 1.29 is 9.53 Å². The van der Waals surface area contributed by atoms with Crippen molar-refractivity contribution in [2.75, 3.05) is 38.7 Å². The smallest absolute Gasteiger partial charge is 0.227 e. The summed E-state index contributed by atoms with van der Waals surface area (Å²) in [7, 11) is 3.61. The summed E-state index contributed by atoms with van der Waals surface area (Å²) in [5.74, 6) is 1.15. The Morgan fingerprint density at radius 3 is 2.89 bits per heavy atom. The molecule has 0 spiro atoms. The number of ether oxygens (including phenoxy) is 1. The number of nitrogens with one attached hydrogen (secondary N) is 1. The number of benzene rings is 2. The zero-order valence-corrected chi connectivity index (χ0v) is 16.1. The molecule has 2 aromatic carbocycles. The Kier molecular flexibility index (Phi) is 5.14.